The molecule has 0 N–H and O–H groups in total. The minimum atomic E-state index is -1.94. The smallest absolute Gasteiger partial charge is 0.259 e. The molecule has 2 amide bonds. The summed E-state index contributed by atoms with van der Waals surface area (Å²) in [5.41, 5.74) is 0.771. The summed E-state index contributed by atoms with van der Waals surface area (Å²) < 4.78 is -1.94. The van der Waals surface area contributed by atoms with Gasteiger partial charge < -0.3 is 0 Å². The summed E-state index contributed by atoms with van der Waals surface area (Å²) in [4.78, 5) is 27.6. The van der Waals surface area contributed by atoms with Crippen LogP contribution in [0.25, 0.3) is 0 Å². The number of fused-ring (bicyclic) bond motifs is 5. The Hall–Kier alpha value is -0.200. The van der Waals surface area contributed by atoms with Gasteiger partial charge in [0.1, 0.15) is 16.4 Å². The zero-order chi connectivity index (χ0) is 19.1. The van der Waals surface area contributed by atoms with Crippen molar-refractivity contribution >= 4 is 81.4 Å². The molecule has 2 aliphatic carbocycles. The van der Waals surface area contributed by atoms with Crippen molar-refractivity contribution in [1.82, 2.24) is 5.06 Å². The predicted octanol–water partition coefficient (Wildman–Crippen LogP) is 4.56. The highest BCUT2D eigenvalue weighted by Crippen LogP contribution is 2.77. The fraction of sp³-hybridized carbons (Fsp3) is 0.375. The van der Waals surface area contributed by atoms with E-state index in [0.717, 1.165) is 5.56 Å². The number of allylic oxidation sites excluding steroid dienone is 2. The van der Waals surface area contributed by atoms with E-state index < -0.39 is 37.7 Å². The molecule has 4 nitrogen and oxygen atoms in total. The Bertz CT molecular complexity index is 813. The monoisotopic (exact) mass is 473 g/mol. The molecule has 0 radical (unpaired) electrons. The number of carbonyl (C=O) groups excluding carboxylic acids is 2. The average molecular weight is 476 g/mol. The molecule has 26 heavy (non-hydrogen) atoms. The van der Waals surface area contributed by atoms with Crippen LogP contribution < -0.4 is 0 Å². The molecule has 2 fully saturated rings. The summed E-state index contributed by atoms with van der Waals surface area (Å²) in [6, 6.07) is 9.03. The molecule has 1 aromatic carbocycles. The summed E-state index contributed by atoms with van der Waals surface area (Å²) in [6.07, 6.45) is 0. The number of amides is 2. The Morgan fingerprint density at radius 2 is 1.35 bits per heavy atom. The van der Waals surface area contributed by atoms with Crippen LogP contribution in [0.2, 0.25) is 0 Å². The molecule has 2 bridgehead atoms. The van der Waals surface area contributed by atoms with Gasteiger partial charge in [-0.2, -0.15) is 5.06 Å². The van der Waals surface area contributed by atoms with Crippen molar-refractivity contribution in [2.24, 2.45) is 11.8 Å². The van der Waals surface area contributed by atoms with Gasteiger partial charge in [0.25, 0.3) is 11.8 Å². The van der Waals surface area contributed by atoms with Gasteiger partial charge in [-0.25, -0.2) is 0 Å². The number of hydrogen-bond donors (Lipinski definition) is 0. The highest BCUT2D eigenvalue weighted by atomic mass is 35.5. The Morgan fingerprint density at radius 1 is 0.885 bits per heavy atom. The number of benzene rings is 1. The maximum Gasteiger partial charge on any atom is 0.259 e. The van der Waals surface area contributed by atoms with Crippen LogP contribution in [-0.4, -0.2) is 31.0 Å². The summed E-state index contributed by atoms with van der Waals surface area (Å²) in [5, 5.41) is 0.389. The molecule has 1 saturated heterocycles. The highest BCUT2D eigenvalue weighted by Gasteiger charge is 2.87. The van der Waals surface area contributed by atoms with Crippen LogP contribution in [0.3, 0.4) is 0 Å². The van der Waals surface area contributed by atoms with E-state index in [-0.39, 0.29) is 16.7 Å². The van der Waals surface area contributed by atoms with Crippen LogP contribution >= 0.6 is 69.6 Å². The fourth-order valence-electron chi connectivity index (χ4n) is 3.81. The van der Waals surface area contributed by atoms with Crippen molar-refractivity contribution in [3.8, 4) is 0 Å². The van der Waals surface area contributed by atoms with E-state index in [1.807, 2.05) is 18.2 Å². The molecular formula is C16H9Cl6NO3. The van der Waals surface area contributed by atoms with Crippen molar-refractivity contribution < 1.29 is 14.4 Å². The minimum Gasteiger partial charge on any atom is -0.272 e. The number of alkyl halides is 4. The average Bonchev–Trinajstić information content (AvgIpc) is 2.99. The number of carbonyl (C=O) groups is 2. The van der Waals surface area contributed by atoms with E-state index in [0.29, 0.717) is 5.06 Å². The van der Waals surface area contributed by atoms with Crippen LogP contribution in [0.1, 0.15) is 5.56 Å². The summed E-state index contributed by atoms with van der Waals surface area (Å²) >= 11 is 38.4. The van der Waals surface area contributed by atoms with Gasteiger partial charge in [0.15, 0.2) is 4.33 Å². The number of rotatable bonds is 3. The summed E-state index contributed by atoms with van der Waals surface area (Å²) in [7, 11) is 0. The second-order valence-electron chi connectivity index (χ2n) is 6.31. The summed E-state index contributed by atoms with van der Waals surface area (Å²) in [6.45, 7) is 0.00408. The first-order valence-corrected chi connectivity index (χ1v) is 9.73. The Balaban J connectivity index is 1.70. The first kappa shape index (κ1) is 19.1. The van der Waals surface area contributed by atoms with E-state index in [1.165, 1.54) is 0 Å². The largest absolute Gasteiger partial charge is 0.272 e. The molecule has 4 rings (SSSR count). The lowest BCUT2D eigenvalue weighted by Gasteiger charge is -2.34. The second-order valence-corrected chi connectivity index (χ2v) is 9.59. The molecular weight excluding hydrogens is 467 g/mol. The molecule has 10 heteroatoms. The molecule has 1 aromatic rings. The van der Waals surface area contributed by atoms with Crippen molar-refractivity contribution in [2.45, 2.75) is 20.7 Å². The van der Waals surface area contributed by atoms with E-state index in [9.17, 15) is 9.59 Å². The molecule has 4 atom stereocenters. The Kier molecular flexibility index (Phi) is 4.34. The van der Waals surface area contributed by atoms with Gasteiger partial charge >= 0.3 is 0 Å². The Morgan fingerprint density at radius 3 is 1.81 bits per heavy atom. The van der Waals surface area contributed by atoms with Crippen molar-refractivity contribution in [3.05, 3.63) is 46.0 Å². The van der Waals surface area contributed by atoms with Crippen LogP contribution in [0.15, 0.2) is 40.4 Å². The molecule has 0 spiro atoms. The van der Waals surface area contributed by atoms with E-state index in [1.54, 1.807) is 12.1 Å². The fourth-order valence-corrected chi connectivity index (χ4v) is 6.74. The van der Waals surface area contributed by atoms with E-state index >= 15 is 0 Å². The predicted molar refractivity (Wildman–Crippen MR) is 100 cm³/mol. The molecule has 138 valence electrons. The normalized spacial score (nSPS) is 37.7. The van der Waals surface area contributed by atoms with Crippen molar-refractivity contribution in [3.63, 3.8) is 0 Å². The topological polar surface area (TPSA) is 46.6 Å². The molecule has 0 unspecified atom stereocenters. The minimum absolute atomic E-state index is 0.00408. The van der Waals surface area contributed by atoms with Gasteiger partial charge in [0.2, 0.25) is 0 Å². The standard InChI is InChI=1S/C16H9Cl6NO3/c17-10-11(18)15(20)9-8(14(10,19)16(15,21)22)12(24)23(13(9)25)26-6-7-4-2-1-3-5-7/h1-5,8-9H,6H2/t8-,9-,14+,15+/m0/s1. The molecule has 0 aromatic heterocycles. The third-order valence-corrected chi connectivity index (χ3v) is 9.33. The van der Waals surface area contributed by atoms with Crippen LogP contribution in [0, 0.1) is 11.8 Å². The maximum atomic E-state index is 12.9. The molecule has 1 aliphatic heterocycles. The molecule has 3 aliphatic rings. The van der Waals surface area contributed by atoms with Crippen molar-refractivity contribution in [1.29, 1.82) is 0 Å². The third-order valence-electron chi connectivity index (χ3n) is 5.07. The number of nitrogens with zero attached hydrogens (tertiary/aromatic N) is 1. The number of halogens is 6. The van der Waals surface area contributed by atoms with Crippen LogP contribution in [0.4, 0.5) is 0 Å². The van der Waals surface area contributed by atoms with Gasteiger partial charge in [0.05, 0.1) is 21.9 Å². The highest BCUT2D eigenvalue weighted by molar-refractivity contribution is 6.66. The lowest BCUT2D eigenvalue weighted by Crippen LogP contribution is -2.49. The van der Waals surface area contributed by atoms with E-state index in [2.05, 4.69) is 0 Å². The number of hydrogen-bond acceptors (Lipinski definition) is 3. The van der Waals surface area contributed by atoms with Crippen LogP contribution in [0.5, 0.6) is 0 Å². The van der Waals surface area contributed by atoms with Gasteiger partial charge in [0, 0.05) is 0 Å². The zero-order valence-electron chi connectivity index (χ0n) is 12.7. The first-order chi connectivity index (χ1) is 12.1. The Labute approximate surface area is 178 Å². The van der Waals surface area contributed by atoms with Gasteiger partial charge in [-0.1, -0.05) is 76.7 Å². The second kappa shape index (κ2) is 5.90. The molecule has 1 saturated carbocycles. The third kappa shape index (κ3) is 1.99. The van der Waals surface area contributed by atoms with Crippen LogP contribution in [-0.2, 0) is 21.0 Å². The maximum absolute atomic E-state index is 12.9. The van der Waals surface area contributed by atoms with Crippen molar-refractivity contribution in [2.75, 3.05) is 0 Å². The molecule has 1 heterocycles. The zero-order valence-corrected chi connectivity index (χ0v) is 17.2. The van der Waals surface area contributed by atoms with Gasteiger partial charge in [-0.15, -0.1) is 23.2 Å². The van der Waals surface area contributed by atoms with Gasteiger partial charge in [-0.05, 0) is 5.56 Å². The number of hydroxylamine groups is 2. The lowest BCUT2D eigenvalue weighted by molar-refractivity contribution is -0.193. The number of imide groups is 1. The quantitative estimate of drug-likeness (QED) is 0.475. The summed E-state index contributed by atoms with van der Waals surface area (Å²) in [5.74, 6) is -3.78. The van der Waals surface area contributed by atoms with Gasteiger partial charge in [-0.3, -0.25) is 14.4 Å². The first-order valence-electron chi connectivity index (χ1n) is 7.46. The lowest BCUT2D eigenvalue weighted by atomic mass is 9.84. The SMILES string of the molecule is O=C1[C@@H]2[C@@H](C(=O)N1OCc1ccccc1)[C@@]1(Cl)C(Cl)=C(Cl)[C@@]2(Cl)C1(Cl)Cl. The van der Waals surface area contributed by atoms with E-state index in [4.69, 9.17) is 74.4 Å².